The van der Waals surface area contributed by atoms with E-state index < -0.39 is 0 Å². The highest BCUT2D eigenvalue weighted by atomic mass is 16.5. The van der Waals surface area contributed by atoms with Crippen LogP contribution in [0.5, 0.6) is 5.75 Å². The van der Waals surface area contributed by atoms with E-state index in [1.54, 1.807) is 0 Å². The highest BCUT2D eigenvalue weighted by molar-refractivity contribution is 5.34. The molecule has 1 aromatic carbocycles. The summed E-state index contributed by atoms with van der Waals surface area (Å²) < 4.78 is 11.2. The van der Waals surface area contributed by atoms with Crippen LogP contribution in [0.25, 0.3) is 0 Å². The van der Waals surface area contributed by atoms with Gasteiger partial charge in [-0.05, 0) is 24.5 Å². The maximum atomic E-state index is 5.88. The molecular weight excluding hydrogens is 278 g/mol. The summed E-state index contributed by atoms with van der Waals surface area (Å²) in [6, 6.07) is 8.52. The van der Waals surface area contributed by atoms with Crippen LogP contribution in [-0.4, -0.2) is 22.8 Å². The largest absolute Gasteiger partial charge is 0.492 e. The van der Waals surface area contributed by atoms with Gasteiger partial charge in [-0.3, -0.25) is 0 Å². The molecule has 0 saturated heterocycles. The summed E-state index contributed by atoms with van der Waals surface area (Å²) in [6.07, 6.45) is 2.06. The quantitative estimate of drug-likeness (QED) is 0.944. The van der Waals surface area contributed by atoms with Crippen molar-refractivity contribution >= 4 is 0 Å². The molecule has 3 rings (SSSR count). The number of nitrogens with zero attached hydrogens (tertiary/aromatic N) is 2. The maximum Gasteiger partial charge on any atom is 0.240 e. The Morgan fingerprint density at radius 1 is 1.27 bits per heavy atom. The maximum absolute atomic E-state index is 5.88. The van der Waals surface area contributed by atoms with Crippen LogP contribution in [0.4, 0.5) is 0 Å². The Morgan fingerprint density at radius 3 is 2.86 bits per heavy atom. The molecule has 5 heteroatoms. The first-order valence-electron chi connectivity index (χ1n) is 7.79. The molecule has 118 valence electrons. The van der Waals surface area contributed by atoms with Crippen molar-refractivity contribution in [3.63, 3.8) is 0 Å². The molecule has 0 fully saturated rings. The number of hydrogen-bond donors (Lipinski definition) is 1. The zero-order valence-corrected chi connectivity index (χ0v) is 13.4. The van der Waals surface area contributed by atoms with Crippen LogP contribution in [0.1, 0.15) is 44.5 Å². The molecule has 0 spiro atoms. The van der Waals surface area contributed by atoms with E-state index in [4.69, 9.17) is 9.26 Å². The summed E-state index contributed by atoms with van der Waals surface area (Å²) in [7, 11) is 0. The summed E-state index contributed by atoms with van der Waals surface area (Å²) in [5, 5.41) is 7.50. The van der Waals surface area contributed by atoms with Crippen molar-refractivity contribution in [2.45, 2.75) is 51.6 Å². The molecule has 1 aromatic heterocycles. The van der Waals surface area contributed by atoms with Gasteiger partial charge in [-0.25, -0.2) is 0 Å². The van der Waals surface area contributed by atoms with Gasteiger partial charge in [0.15, 0.2) is 5.82 Å². The molecule has 0 aliphatic carbocycles. The van der Waals surface area contributed by atoms with E-state index in [9.17, 15) is 0 Å². The molecule has 0 bridgehead atoms. The van der Waals surface area contributed by atoms with Crippen molar-refractivity contribution in [2.75, 3.05) is 6.61 Å². The summed E-state index contributed by atoms with van der Waals surface area (Å²) in [5.74, 6) is 2.38. The summed E-state index contributed by atoms with van der Waals surface area (Å²) >= 11 is 0. The van der Waals surface area contributed by atoms with Gasteiger partial charge >= 0.3 is 0 Å². The van der Waals surface area contributed by atoms with Crippen LogP contribution in [0.15, 0.2) is 28.8 Å². The lowest BCUT2D eigenvalue weighted by atomic mass is 9.96. The zero-order valence-electron chi connectivity index (χ0n) is 13.4. The van der Waals surface area contributed by atoms with Gasteiger partial charge in [-0.1, -0.05) is 44.1 Å². The zero-order chi connectivity index (χ0) is 15.6. The molecule has 0 radical (unpaired) electrons. The summed E-state index contributed by atoms with van der Waals surface area (Å²) in [5.41, 5.74) is 1.19. The minimum atomic E-state index is -0.0885. The van der Waals surface area contributed by atoms with E-state index in [1.807, 2.05) is 12.1 Å². The second-order valence-corrected chi connectivity index (χ2v) is 6.80. The van der Waals surface area contributed by atoms with Crippen LogP contribution in [0.2, 0.25) is 0 Å². The number of fused-ring (bicyclic) bond motifs is 1. The minimum absolute atomic E-state index is 0.0885. The molecule has 1 N–H and O–H groups in total. The van der Waals surface area contributed by atoms with Gasteiger partial charge in [0.25, 0.3) is 0 Å². The lowest BCUT2D eigenvalue weighted by Gasteiger charge is -2.14. The van der Waals surface area contributed by atoms with E-state index in [0.29, 0.717) is 19.0 Å². The van der Waals surface area contributed by atoms with Crippen LogP contribution >= 0.6 is 0 Å². The van der Waals surface area contributed by atoms with Gasteiger partial charge in [0.2, 0.25) is 5.89 Å². The Hall–Kier alpha value is -1.88. The fourth-order valence-corrected chi connectivity index (χ4v) is 2.48. The average molecular weight is 301 g/mol. The molecule has 5 nitrogen and oxygen atoms in total. The molecule has 1 aliphatic heterocycles. The predicted octanol–water partition coefficient (Wildman–Crippen LogP) is 2.85. The van der Waals surface area contributed by atoms with Crippen molar-refractivity contribution < 1.29 is 9.26 Å². The molecule has 22 heavy (non-hydrogen) atoms. The Balaban J connectivity index is 1.56. The lowest BCUT2D eigenvalue weighted by molar-refractivity contribution is 0.259. The van der Waals surface area contributed by atoms with Crippen molar-refractivity contribution in [1.29, 1.82) is 0 Å². The third kappa shape index (κ3) is 3.47. The van der Waals surface area contributed by atoms with Gasteiger partial charge in [0, 0.05) is 11.5 Å². The van der Waals surface area contributed by atoms with E-state index >= 15 is 0 Å². The molecular formula is C17H23N3O2. The van der Waals surface area contributed by atoms with Crippen molar-refractivity contribution in [1.82, 2.24) is 15.5 Å². The number of ether oxygens (including phenoxy) is 1. The van der Waals surface area contributed by atoms with Crippen LogP contribution in [-0.2, 0) is 18.4 Å². The molecule has 1 unspecified atom stereocenters. The van der Waals surface area contributed by atoms with Gasteiger partial charge in [-0.2, -0.15) is 4.98 Å². The van der Waals surface area contributed by atoms with Crippen LogP contribution in [0, 0.1) is 0 Å². The van der Waals surface area contributed by atoms with E-state index in [-0.39, 0.29) is 11.5 Å². The standard InChI is InChI=1S/C17H23N3O2/c1-17(2,3)16-19-15(22-20-16)10-18-13-9-8-12-6-4-5-7-14(12)21-11-13/h4-7,13,18H,8-11H2,1-3H3. The van der Waals surface area contributed by atoms with Gasteiger partial charge < -0.3 is 14.6 Å². The van der Waals surface area contributed by atoms with Crippen molar-refractivity contribution in [2.24, 2.45) is 0 Å². The van der Waals surface area contributed by atoms with E-state index in [0.717, 1.165) is 24.4 Å². The average Bonchev–Trinajstić information content (AvgIpc) is 2.87. The Morgan fingerprint density at radius 2 is 2.09 bits per heavy atom. The monoisotopic (exact) mass is 301 g/mol. The lowest BCUT2D eigenvalue weighted by Crippen LogP contribution is -2.33. The van der Waals surface area contributed by atoms with Crippen LogP contribution in [0.3, 0.4) is 0 Å². The Labute approximate surface area is 131 Å². The molecule has 0 saturated carbocycles. The summed E-state index contributed by atoms with van der Waals surface area (Å²) in [4.78, 5) is 4.45. The smallest absolute Gasteiger partial charge is 0.240 e. The Kier molecular flexibility index (Phi) is 4.16. The van der Waals surface area contributed by atoms with E-state index in [2.05, 4.69) is 48.4 Å². The topological polar surface area (TPSA) is 60.2 Å². The number of hydrogen-bond acceptors (Lipinski definition) is 5. The molecule has 2 heterocycles. The predicted molar refractivity (Wildman–Crippen MR) is 83.9 cm³/mol. The van der Waals surface area contributed by atoms with Gasteiger partial charge in [0.1, 0.15) is 12.4 Å². The molecule has 0 amide bonds. The highest BCUT2D eigenvalue weighted by Crippen LogP contribution is 2.23. The first-order valence-corrected chi connectivity index (χ1v) is 7.79. The van der Waals surface area contributed by atoms with Crippen LogP contribution < -0.4 is 10.1 Å². The van der Waals surface area contributed by atoms with Gasteiger partial charge in [-0.15, -0.1) is 0 Å². The first kappa shape index (κ1) is 15.0. The SMILES string of the molecule is CC(C)(C)c1noc(CNC2CCc3ccccc3OC2)n1. The van der Waals surface area contributed by atoms with Crippen molar-refractivity contribution in [3.8, 4) is 5.75 Å². The number of aromatic nitrogens is 2. The summed E-state index contributed by atoms with van der Waals surface area (Å²) in [6.45, 7) is 7.47. The van der Waals surface area contributed by atoms with E-state index in [1.165, 1.54) is 5.56 Å². The number of aryl methyl sites for hydroxylation is 1. The van der Waals surface area contributed by atoms with Gasteiger partial charge in [0.05, 0.1) is 6.54 Å². The minimum Gasteiger partial charge on any atom is -0.492 e. The normalized spacial score (nSPS) is 18.4. The second-order valence-electron chi connectivity index (χ2n) is 6.80. The fourth-order valence-electron chi connectivity index (χ4n) is 2.48. The number of rotatable bonds is 3. The Bertz CT molecular complexity index is 604. The third-order valence-electron chi connectivity index (χ3n) is 3.86. The molecule has 2 aromatic rings. The highest BCUT2D eigenvalue weighted by Gasteiger charge is 2.22. The molecule has 1 aliphatic rings. The number of para-hydroxylation sites is 1. The number of nitrogens with one attached hydrogen (secondary N) is 1. The first-order chi connectivity index (χ1) is 10.5. The third-order valence-corrected chi connectivity index (χ3v) is 3.86. The molecule has 1 atom stereocenters. The fraction of sp³-hybridized carbons (Fsp3) is 0.529. The second kappa shape index (κ2) is 6.08. The number of benzene rings is 1. The van der Waals surface area contributed by atoms with Crippen molar-refractivity contribution in [3.05, 3.63) is 41.5 Å².